The van der Waals surface area contributed by atoms with Crippen LogP contribution in [0, 0.1) is 0 Å². The van der Waals surface area contributed by atoms with E-state index in [1.54, 1.807) is 23.1 Å². The summed E-state index contributed by atoms with van der Waals surface area (Å²) in [6, 6.07) is 12.6. The molecule has 0 radical (unpaired) electrons. The van der Waals surface area contributed by atoms with Gasteiger partial charge in [0.25, 0.3) is 11.8 Å². The zero-order valence-electron chi connectivity index (χ0n) is 16.8. The molecular formula is C22H22BrClN4O3. The van der Waals surface area contributed by atoms with Crippen molar-refractivity contribution in [3.05, 3.63) is 63.1 Å². The Morgan fingerprint density at radius 3 is 2.48 bits per heavy atom. The van der Waals surface area contributed by atoms with E-state index in [0.29, 0.717) is 42.2 Å². The average Bonchev–Trinajstić information content (AvgIpc) is 3.00. The third-order valence-corrected chi connectivity index (χ3v) is 6.24. The highest BCUT2D eigenvalue weighted by Crippen LogP contribution is 2.26. The van der Waals surface area contributed by atoms with Crippen molar-refractivity contribution in [3.8, 4) is 0 Å². The van der Waals surface area contributed by atoms with Gasteiger partial charge >= 0.3 is 6.03 Å². The molecule has 4 rings (SSSR count). The quantitative estimate of drug-likeness (QED) is 0.498. The molecule has 1 saturated heterocycles. The second kappa shape index (κ2) is 9.28. The van der Waals surface area contributed by atoms with Gasteiger partial charge in [0.1, 0.15) is 0 Å². The Morgan fingerprint density at radius 2 is 1.74 bits per heavy atom. The summed E-state index contributed by atoms with van der Waals surface area (Å²) in [6.07, 6.45) is 0.501. The maximum atomic E-state index is 12.5. The molecule has 2 aromatic carbocycles. The molecule has 1 N–H and O–H groups in total. The molecule has 2 heterocycles. The molecule has 31 heavy (non-hydrogen) atoms. The van der Waals surface area contributed by atoms with E-state index in [2.05, 4.69) is 26.1 Å². The second-order valence-electron chi connectivity index (χ2n) is 7.49. The van der Waals surface area contributed by atoms with E-state index in [9.17, 15) is 14.4 Å². The molecule has 162 valence electrons. The fraction of sp³-hybridized carbons (Fsp3) is 0.318. The van der Waals surface area contributed by atoms with E-state index >= 15 is 0 Å². The monoisotopic (exact) mass is 504 g/mol. The van der Waals surface area contributed by atoms with Crippen LogP contribution in [0.15, 0.2) is 46.9 Å². The number of hydrogen-bond acceptors (Lipinski definition) is 4. The summed E-state index contributed by atoms with van der Waals surface area (Å²) in [4.78, 5) is 42.6. The van der Waals surface area contributed by atoms with Gasteiger partial charge in [0.2, 0.25) is 0 Å². The zero-order valence-corrected chi connectivity index (χ0v) is 19.2. The number of piperazine rings is 1. The number of nitrogens with zero attached hydrogens (tertiary/aromatic N) is 3. The number of carbonyl (C=O) groups excluding carboxylic acids is 3. The smallest absolute Gasteiger partial charge is 0.317 e. The van der Waals surface area contributed by atoms with Gasteiger partial charge in [-0.25, -0.2) is 4.79 Å². The molecule has 2 aliphatic rings. The van der Waals surface area contributed by atoms with Crippen molar-refractivity contribution in [2.24, 2.45) is 0 Å². The SMILES string of the molecule is O=C(NCCCN1C(=O)c2ccc(Br)cc2C1=O)N1CCN(c2cccc(Cl)c2)CC1. The van der Waals surface area contributed by atoms with Crippen molar-refractivity contribution in [2.75, 3.05) is 44.2 Å². The van der Waals surface area contributed by atoms with Crippen LogP contribution in [0.4, 0.5) is 10.5 Å². The Balaban J connectivity index is 1.21. The fourth-order valence-corrected chi connectivity index (χ4v) is 4.40. The number of hydrogen-bond donors (Lipinski definition) is 1. The second-order valence-corrected chi connectivity index (χ2v) is 8.84. The minimum absolute atomic E-state index is 0.128. The first-order chi connectivity index (χ1) is 14.9. The summed E-state index contributed by atoms with van der Waals surface area (Å²) in [7, 11) is 0. The molecule has 0 aliphatic carbocycles. The number of nitrogens with one attached hydrogen (secondary N) is 1. The number of benzene rings is 2. The zero-order chi connectivity index (χ0) is 22.0. The van der Waals surface area contributed by atoms with E-state index in [4.69, 9.17) is 11.6 Å². The van der Waals surface area contributed by atoms with Gasteiger partial charge in [-0.3, -0.25) is 14.5 Å². The van der Waals surface area contributed by atoms with Crippen LogP contribution in [0.25, 0.3) is 0 Å². The van der Waals surface area contributed by atoms with Crippen molar-refractivity contribution < 1.29 is 14.4 Å². The third kappa shape index (κ3) is 4.70. The summed E-state index contributed by atoms with van der Waals surface area (Å²) in [6.45, 7) is 3.37. The normalized spacial score (nSPS) is 16.0. The van der Waals surface area contributed by atoms with Crippen LogP contribution >= 0.6 is 27.5 Å². The topological polar surface area (TPSA) is 73.0 Å². The van der Waals surface area contributed by atoms with Crippen molar-refractivity contribution in [2.45, 2.75) is 6.42 Å². The maximum Gasteiger partial charge on any atom is 0.317 e. The Labute approximate surface area is 194 Å². The molecule has 0 aromatic heterocycles. The first-order valence-corrected chi connectivity index (χ1v) is 11.3. The molecular weight excluding hydrogens is 484 g/mol. The highest BCUT2D eigenvalue weighted by Gasteiger charge is 2.35. The number of amides is 4. The molecule has 0 spiro atoms. The lowest BCUT2D eigenvalue weighted by atomic mass is 10.1. The van der Waals surface area contributed by atoms with Gasteiger partial charge in [-0.1, -0.05) is 33.6 Å². The number of halogens is 2. The van der Waals surface area contributed by atoms with Gasteiger partial charge in [0.15, 0.2) is 0 Å². The van der Waals surface area contributed by atoms with Crippen molar-refractivity contribution in [1.82, 2.24) is 15.1 Å². The van der Waals surface area contributed by atoms with Gasteiger partial charge in [-0.15, -0.1) is 0 Å². The molecule has 2 aromatic rings. The number of urea groups is 1. The van der Waals surface area contributed by atoms with Gasteiger partial charge in [0, 0.05) is 54.5 Å². The Kier molecular flexibility index (Phi) is 6.48. The van der Waals surface area contributed by atoms with Crippen molar-refractivity contribution in [3.63, 3.8) is 0 Å². The summed E-state index contributed by atoms with van der Waals surface area (Å²) in [5.74, 6) is -0.569. The van der Waals surface area contributed by atoms with Gasteiger partial charge in [-0.05, 0) is 42.8 Å². The summed E-state index contributed by atoms with van der Waals surface area (Å²) < 4.78 is 0.761. The van der Waals surface area contributed by atoms with Crippen LogP contribution in [0.5, 0.6) is 0 Å². The molecule has 0 bridgehead atoms. The van der Waals surface area contributed by atoms with Gasteiger partial charge in [-0.2, -0.15) is 0 Å². The average molecular weight is 506 g/mol. The molecule has 4 amide bonds. The number of rotatable bonds is 5. The highest BCUT2D eigenvalue weighted by molar-refractivity contribution is 9.10. The van der Waals surface area contributed by atoms with Crippen LogP contribution in [0.3, 0.4) is 0 Å². The lowest BCUT2D eigenvalue weighted by Crippen LogP contribution is -2.52. The van der Waals surface area contributed by atoms with Crippen LogP contribution in [0.1, 0.15) is 27.1 Å². The summed E-state index contributed by atoms with van der Waals surface area (Å²) in [5.41, 5.74) is 1.90. The standard InChI is InChI=1S/C22H22BrClN4O3/c23-15-5-6-18-19(13-15)21(30)28(20(18)29)8-2-7-25-22(31)27-11-9-26(10-12-27)17-4-1-3-16(24)14-17/h1,3-6,13-14H,2,7-12H2,(H,25,31). The van der Waals surface area contributed by atoms with E-state index in [-0.39, 0.29) is 24.4 Å². The molecule has 9 heteroatoms. The van der Waals surface area contributed by atoms with Crippen molar-refractivity contribution in [1.29, 1.82) is 0 Å². The third-order valence-electron chi connectivity index (χ3n) is 5.51. The first-order valence-electron chi connectivity index (χ1n) is 10.1. The predicted molar refractivity (Wildman–Crippen MR) is 123 cm³/mol. The summed E-state index contributed by atoms with van der Waals surface area (Å²) in [5, 5.41) is 3.59. The molecule has 7 nitrogen and oxygen atoms in total. The minimum Gasteiger partial charge on any atom is -0.368 e. The molecule has 2 aliphatic heterocycles. The number of imide groups is 1. The number of anilines is 1. The largest absolute Gasteiger partial charge is 0.368 e. The maximum absolute atomic E-state index is 12.5. The fourth-order valence-electron chi connectivity index (χ4n) is 3.85. The molecule has 0 unspecified atom stereocenters. The van der Waals surface area contributed by atoms with Crippen LogP contribution in [-0.4, -0.2) is 66.9 Å². The van der Waals surface area contributed by atoms with Gasteiger partial charge in [0.05, 0.1) is 11.1 Å². The Hall–Kier alpha value is -2.58. The van der Waals surface area contributed by atoms with Crippen molar-refractivity contribution >= 4 is 51.1 Å². The number of fused-ring (bicyclic) bond motifs is 1. The molecule has 0 atom stereocenters. The Bertz CT molecular complexity index is 1020. The van der Waals surface area contributed by atoms with E-state index in [1.807, 2.05) is 24.3 Å². The van der Waals surface area contributed by atoms with Crippen LogP contribution < -0.4 is 10.2 Å². The van der Waals surface area contributed by atoms with Crippen LogP contribution in [-0.2, 0) is 0 Å². The van der Waals surface area contributed by atoms with E-state index in [0.717, 1.165) is 23.2 Å². The lowest BCUT2D eigenvalue weighted by molar-refractivity contribution is 0.0653. The lowest BCUT2D eigenvalue weighted by Gasteiger charge is -2.36. The first kappa shape index (κ1) is 21.6. The predicted octanol–water partition coefficient (Wildman–Crippen LogP) is 3.62. The highest BCUT2D eigenvalue weighted by atomic mass is 79.9. The summed E-state index contributed by atoms with van der Waals surface area (Å²) >= 11 is 9.39. The Morgan fingerprint density at radius 1 is 1.00 bits per heavy atom. The molecule has 0 saturated carbocycles. The number of carbonyl (C=O) groups is 3. The van der Waals surface area contributed by atoms with Gasteiger partial charge < -0.3 is 15.1 Å². The van der Waals surface area contributed by atoms with E-state index in [1.165, 1.54) is 4.90 Å². The molecule has 1 fully saturated rings. The minimum atomic E-state index is -0.287. The van der Waals surface area contributed by atoms with Crippen LogP contribution in [0.2, 0.25) is 5.02 Å². The van der Waals surface area contributed by atoms with E-state index < -0.39 is 0 Å².